The van der Waals surface area contributed by atoms with Crippen LogP contribution < -0.4 is 0 Å². The summed E-state index contributed by atoms with van der Waals surface area (Å²) in [6, 6.07) is 0. The summed E-state index contributed by atoms with van der Waals surface area (Å²) in [5.41, 5.74) is 0. The highest BCUT2D eigenvalue weighted by Crippen LogP contribution is 2.17. The van der Waals surface area contributed by atoms with Crippen molar-refractivity contribution in [3.05, 3.63) is 0 Å². The van der Waals surface area contributed by atoms with Crippen molar-refractivity contribution in [2.75, 3.05) is 13.2 Å². The standard InChI is InChI=1S/C24H46O4/c1-4-7-20-27-23(25)19-17-15-13-11-9-10-12-14-16-18-22(6-3)24(26)28-21-8-5-2/h22H,4-21H2,1-3H3. The second-order valence-electron chi connectivity index (χ2n) is 7.92. The Balaban J connectivity index is 3.42. The van der Waals surface area contributed by atoms with Crippen molar-refractivity contribution in [3.63, 3.8) is 0 Å². The first kappa shape index (κ1) is 26.9. The van der Waals surface area contributed by atoms with Crippen molar-refractivity contribution in [1.82, 2.24) is 0 Å². The van der Waals surface area contributed by atoms with Gasteiger partial charge in [-0.05, 0) is 32.1 Å². The molecule has 4 nitrogen and oxygen atoms in total. The molecule has 0 aromatic rings. The molecule has 1 atom stereocenters. The maximum atomic E-state index is 12.0. The van der Waals surface area contributed by atoms with E-state index in [1.165, 1.54) is 38.5 Å². The van der Waals surface area contributed by atoms with Gasteiger partial charge in [0.1, 0.15) is 0 Å². The molecule has 0 bridgehead atoms. The molecule has 0 aliphatic carbocycles. The van der Waals surface area contributed by atoms with E-state index >= 15 is 0 Å². The lowest BCUT2D eigenvalue weighted by molar-refractivity contribution is -0.149. The zero-order chi connectivity index (χ0) is 20.9. The zero-order valence-electron chi connectivity index (χ0n) is 18.9. The molecule has 0 amide bonds. The molecule has 0 saturated carbocycles. The number of carbonyl (C=O) groups is 2. The van der Waals surface area contributed by atoms with E-state index in [-0.39, 0.29) is 17.9 Å². The van der Waals surface area contributed by atoms with E-state index in [2.05, 4.69) is 20.8 Å². The summed E-state index contributed by atoms with van der Waals surface area (Å²) in [6.45, 7) is 7.44. The number of hydrogen-bond donors (Lipinski definition) is 0. The Morgan fingerprint density at radius 1 is 0.643 bits per heavy atom. The maximum Gasteiger partial charge on any atom is 0.308 e. The quantitative estimate of drug-likeness (QED) is 0.164. The molecule has 0 spiro atoms. The van der Waals surface area contributed by atoms with Crippen LogP contribution in [0.15, 0.2) is 0 Å². The van der Waals surface area contributed by atoms with Crippen LogP contribution in [0.5, 0.6) is 0 Å². The van der Waals surface area contributed by atoms with Crippen molar-refractivity contribution >= 4 is 11.9 Å². The zero-order valence-corrected chi connectivity index (χ0v) is 18.9. The van der Waals surface area contributed by atoms with Gasteiger partial charge in [0.25, 0.3) is 0 Å². The van der Waals surface area contributed by atoms with Crippen molar-refractivity contribution in [2.45, 2.75) is 124 Å². The van der Waals surface area contributed by atoms with Gasteiger partial charge in [0.15, 0.2) is 0 Å². The first-order chi connectivity index (χ1) is 13.7. The molecule has 4 heteroatoms. The lowest BCUT2D eigenvalue weighted by Crippen LogP contribution is -2.17. The lowest BCUT2D eigenvalue weighted by Gasteiger charge is -2.13. The summed E-state index contributed by atoms with van der Waals surface area (Å²) < 4.78 is 10.5. The van der Waals surface area contributed by atoms with Gasteiger partial charge in [0, 0.05) is 6.42 Å². The van der Waals surface area contributed by atoms with Crippen LogP contribution in [0, 0.1) is 5.92 Å². The molecule has 0 aromatic carbocycles. The Labute approximate surface area is 174 Å². The second-order valence-corrected chi connectivity index (χ2v) is 7.92. The van der Waals surface area contributed by atoms with E-state index in [1.54, 1.807) is 0 Å². The van der Waals surface area contributed by atoms with E-state index in [9.17, 15) is 9.59 Å². The Kier molecular flexibility index (Phi) is 19.9. The van der Waals surface area contributed by atoms with Crippen LogP contribution in [-0.2, 0) is 19.1 Å². The van der Waals surface area contributed by atoms with Crippen LogP contribution in [0.3, 0.4) is 0 Å². The maximum absolute atomic E-state index is 12.0. The average molecular weight is 399 g/mol. The normalized spacial score (nSPS) is 12.0. The Hall–Kier alpha value is -1.06. The fourth-order valence-corrected chi connectivity index (χ4v) is 3.22. The van der Waals surface area contributed by atoms with Gasteiger partial charge < -0.3 is 9.47 Å². The molecular formula is C24H46O4. The minimum atomic E-state index is -0.0342. The number of rotatable bonds is 20. The highest BCUT2D eigenvalue weighted by atomic mass is 16.5. The van der Waals surface area contributed by atoms with E-state index in [4.69, 9.17) is 9.47 Å². The van der Waals surface area contributed by atoms with E-state index in [0.29, 0.717) is 19.6 Å². The van der Waals surface area contributed by atoms with Gasteiger partial charge in [0.2, 0.25) is 0 Å². The number of unbranched alkanes of at least 4 members (excludes halogenated alkanes) is 10. The predicted molar refractivity (Wildman–Crippen MR) is 116 cm³/mol. The molecule has 28 heavy (non-hydrogen) atoms. The van der Waals surface area contributed by atoms with Crippen molar-refractivity contribution in [2.24, 2.45) is 5.92 Å². The molecule has 0 saturated heterocycles. The van der Waals surface area contributed by atoms with Gasteiger partial charge in [-0.2, -0.15) is 0 Å². The number of esters is 2. The monoisotopic (exact) mass is 398 g/mol. The largest absolute Gasteiger partial charge is 0.466 e. The molecule has 0 fully saturated rings. The van der Waals surface area contributed by atoms with Crippen LogP contribution in [0.2, 0.25) is 0 Å². The van der Waals surface area contributed by atoms with Crippen LogP contribution in [0.4, 0.5) is 0 Å². The summed E-state index contributed by atoms with van der Waals surface area (Å²) in [7, 11) is 0. The minimum Gasteiger partial charge on any atom is -0.466 e. The summed E-state index contributed by atoms with van der Waals surface area (Å²) in [4.78, 5) is 23.5. The summed E-state index contributed by atoms with van der Waals surface area (Å²) in [6.07, 6.45) is 17.2. The fraction of sp³-hybridized carbons (Fsp3) is 0.917. The predicted octanol–water partition coefficient (Wildman–Crippen LogP) is 6.99. The smallest absolute Gasteiger partial charge is 0.308 e. The topological polar surface area (TPSA) is 52.6 Å². The third kappa shape index (κ3) is 17.1. The van der Waals surface area contributed by atoms with Crippen LogP contribution in [0.1, 0.15) is 124 Å². The van der Waals surface area contributed by atoms with Gasteiger partial charge in [-0.15, -0.1) is 0 Å². The highest BCUT2D eigenvalue weighted by molar-refractivity contribution is 5.72. The lowest BCUT2D eigenvalue weighted by atomic mass is 9.98. The van der Waals surface area contributed by atoms with Crippen molar-refractivity contribution in [1.29, 1.82) is 0 Å². The van der Waals surface area contributed by atoms with Gasteiger partial charge >= 0.3 is 11.9 Å². The second kappa shape index (κ2) is 20.7. The molecule has 0 heterocycles. The SMILES string of the molecule is CCCCOC(=O)CCCCCCCCCCCC(CC)C(=O)OCCCC. The number of hydrogen-bond acceptors (Lipinski definition) is 4. The molecule has 0 aliphatic rings. The van der Waals surface area contributed by atoms with Crippen LogP contribution in [0.25, 0.3) is 0 Å². The Morgan fingerprint density at radius 2 is 1.14 bits per heavy atom. The van der Waals surface area contributed by atoms with Crippen molar-refractivity contribution < 1.29 is 19.1 Å². The number of carbonyl (C=O) groups excluding carboxylic acids is 2. The summed E-state index contributed by atoms with van der Waals surface area (Å²) in [5.74, 6) is 0.0591. The van der Waals surface area contributed by atoms with Gasteiger partial charge in [-0.25, -0.2) is 0 Å². The Morgan fingerprint density at radius 3 is 1.68 bits per heavy atom. The van der Waals surface area contributed by atoms with Gasteiger partial charge in [-0.1, -0.05) is 85.0 Å². The molecule has 1 unspecified atom stereocenters. The van der Waals surface area contributed by atoms with E-state index < -0.39 is 0 Å². The molecule has 166 valence electrons. The van der Waals surface area contributed by atoms with E-state index in [1.807, 2.05) is 0 Å². The molecule has 0 aromatic heterocycles. The third-order valence-corrected chi connectivity index (χ3v) is 5.26. The van der Waals surface area contributed by atoms with Crippen molar-refractivity contribution in [3.8, 4) is 0 Å². The van der Waals surface area contributed by atoms with E-state index in [0.717, 1.165) is 57.8 Å². The van der Waals surface area contributed by atoms with Crippen LogP contribution in [-0.4, -0.2) is 25.2 Å². The van der Waals surface area contributed by atoms with Gasteiger partial charge in [-0.3, -0.25) is 9.59 Å². The summed E-state index contributed by atoms with van der Waals surface area (Å²) >= 11 is 0. The molecule has 0 radical (unpaired) electrons. The Bertz CT molecular complexity index is 368. The first-order valence-electron chi connectivity index (χ1n) is 12.0. The molecular weight excluding hydrogens is 352 g/mol. The van der Waals surface area contributed by atoms with Gasteiger partial charge in [0.05, 0.1) is 19.1 Å². The fourth-order valence-electron chi connectivity index (χ4n) is 3.22. The minimum absolute atomic E-state index is 0.00481. The first-order valence-corrected chi connectivity index (χ1v) is 12.0. The molecule has 0 N–H and O–H groups in total. The number of ether oxygens (including phenoxy) is 2. The third-order valence-electron chi connectivity index (χ3n) is 5.26. The highest BCUT2D eigenvalue weighted by Gasteiger charge is 2.17. The molecule has 0 aliphatic heterocycles. The van der Waals surface area contributed by atoms with Crippen LogP contribution >= 0.6 is 0 Å². The summed E-state index contributed by atoms with van der Waals surface area (Å²) in [5, 5.41) is 0. The molecule has 0 rings (SSSR count). The average Bonchev–Trinajstić information content (AvgIpc) is 2.69.